The number of carbonyl (C=O) groups is 1. The second-order valence-electron chi connectivity index (χ2n) is 6.16. The summed E-state index contributed by atoms with van der Waals surface area (Å²) in [4.78, 5) is 12.0. The number of hydrogen-bond acceptors (Lipinski definition) is 1. The van der Waals surface area contributed by atoms with Crippen LogP contribution in [0.3, 0.4) is 0 Å². The molecule has 0 heterocycles. The monoisotopic (exact) mass is 315 g/mol. The van der Waals surface area contributed by atoms with Gasteiger partial charge in [0, 0.05) is 11.5 Å². The predicted octanol–water partition coefficient (Wildman–Crippen LogP) is 4.58. The number of aryl methyl sites for hydroxylation is 2. The molecule has 3 aromatic carbocycles. The second-order valence-corrected chi connectivity index (χ2v) is 6.16. The van der Waals surface area contributed by atoms with Gasteiger partial charge in [0.25, 0.3) is 0 Å². The maximum absolute atomic E-state index is 12.0. The number of hydrogen-bond donors (Lipinski definition) is 1. The van der Waals surface area contributed by atoms with Crippen molar-refractivity contribution in [3.63, 3.8) is 0 Å². The predicted molar refractivity (Wildman–Crippen MR) is 98.3 cm³/mol. The van der Waals surface area contributed by atoms with Gasteiger partial charge in [-0.2, -0.15) is 0 Å². The Labute approximate surface area is 143 Å². The summed E-state index contributed by atoms with van der Waals surface area (Å²) < 4.78 is 0. The molecule has 2 N–H and O–H groups in total. The molecular formula is C22H21NO. The minimum absolute atomic E-state index is 0.0181. The molecule has 0 radical (unpaired) electrons. The Morgan fingerprint density at radius 2 is 1.50 bits per heavy atom. The first kappa shape index (κ1) is 16.0. The molecule has 1 amide bonds. The van der Waals surface area contributed by atoms with Crippen molar-refractivity contribution < 1.29 is 4.79 Å². The van der Waals surface area contributed by atoms with E-state index in [1.165, 1.54) is 16.7 Å². The van der Waals surface area contributed by atoms with Crippen molar-refractivity contribution >= 4 is 5.91 Å². The Morgan fingerprint density at radius 3 is 2.17 bits per heavy atom. The van der Waals surface area contributed by atoms with E-state index in [0.29, 0.717) is 5.56 Å². The molecule has 2 heteroatoms. The number of benzene rings is 3. The average molecular weight is 315 g/mol. The number of nitrogens with two attached hydrogens (primary N) is 1. The fourth-order valence-electron chi connectivity index (χ4n) is 3.29. The first-order valence-corrected chi connectivity index (χ1v) is 8.08. The molecular weight excluding hydrogens is 294 g/mol. The number of primary amides is 1. The fourth-order valence-corrected chi connectivity index (χ4v) is 3.29. The van der Waals surface area contributed by atoms with Crippen LogP contribution in [0.1, 0.15) is 44.1 Å². The Morgan fingerprint density at radius 1 is 0.833 bits per heavy atom. The largest absolute Gasteiger partial charge is 0.366 e. The Kier molecular flexibility index (Phi) is 4.48. The lowest BCUT2D eigenvalue weighted by molar-refractivity contribution is 0.0999. The highest BCUT2D eigenvalue weighted by atomic mass is 16.1. The van der Waals surface area contributed by atoms with Gasteiger partial charge in [0.2, 0.25) is 5.91 Å². The third-order valence-corrected chi connectivity index (χ3v) is 4.41. The average Bonchev–Trinajstić information content (AvgIpc) is 2.58. The summed E-state index contributed by atoms with van der Waals surface area (Å²) in [6.07, 6.45) is 0. The first-order valence-electron chi connectivity index (χ1n) is 8.08. The van der Waals surface area contributed by atoms with E-state index in [1.807, 2.05) is 36.4 Å². The van der Waals surface area contributed by atoms with E-state index in [9.17, 15) is 4.79 Å². The van der Waals surface area contributed by atoms with Crippen LogP contribution in [-0.4, -0.2) is 5.91 Å². The van der Waals surface area contributed by atoms with Gasteiger partial charge in [0.15, 0.2) is 0 Å². The zero-order chi connectivity index (χ0) is 17.1. The van der Waals surface area contributed by atoms with Gasteiger partial charge >= 0.3 is 0 Å². The quantitative estimate of drug-likeness (QED) is 0.703. The molecule has 24 heavy (non-hydrogen) atoms. The van der Waals surface area contributed by atoms with Crippen LogP contribution in [0.5, 0.6) is 0 Å². The number of carbonyl (C=O) groups excluding carboxylic acids is 1. The summed E-state index contributed by atoms with van der Waals surface area (Å²) in [7, 11) is 0. The Hall–Kier alpha value is -2.87. The van der Waals surface area contributed by atoms with Gasteiger partial charge in [0.1, 0.15) is 0 Å². The van der Waals surface area contributed by atoms with Gasteiger partial charge in [-0.15, -0.1) is 0 Å². The van der Waals surface area contributed by atoms with Crippen LogP contribution in [0.4, 0.5) is 0 Å². The van der Waals surface area contributed by atoms with Gasteiger partial charge < -0.3 is 5.73 Å². The standard InChI is InChI=1S/C22H21NO/c1-15-12-13-18(16(2)14-15)21(17-8-4-3-5-9-17)19-10-6-7-11-20(19)22(23)24/h3-14,21H,1-2H3,(H2,23,24). The summed E-state index contributed by atoms with van der Waals surface area (Å²) in [5.74, 6) is -0.410. The second kappa shape index (κ2) is 6.71. The summed E-state index contributed by atoms with van der Waals surface area (Å²) >= 11 is 0. The summed E-state index contributed by atoms with van der Waals surface area (Å²) in [5.41, 5.74) is 11.9. The topological polar surface area (TPSA) is 43.1 Å². The molecule has 0 fully saturated rings. The molecule has 0 saturated heterocycles. The molecule has 0 aliphatic rings. The summed E-state index contributed by atoms with van der Waals surface area (Å²) in [6.45, 7) is 4.21. The van der Waals surface area contributed by atoms with Crippen LogP contribution in [0.2, 0.25) is 0 Å². The van der Waals surface area contributed by atoms with E-state index in [-0.39, 0.29) is 5.92 Å². The number of rotatable bonds is 4. The van der Waals surface area contributed by atoms with Crippen LogP contribution in [0.25, 0.3) is 0 Å². The lowest BCUT2D eigenvalue weighted by Crippen LogP contribution is -2.17. The molecule has 2 nitrogen and oxygen atoms in total. The molecule has 3 aromatic rings. The van der Waals surface area contributed by atoms with Crippen LogP contribution in [-0.2, 0) is 0 Å². The van der Waals surface area contributed by atoms with Gasteiger partial charge in [-0.3, -0.25) is 4.79 Å². The third-order valence-electron chi connectivity index (χ3n) is 4.41. The van der Waals surface area contributed by atoms with Crippen molar-refractivity contribution in [3.05, 3.63) is 106 Å². The molecule has 1 unspecified atom stereocenters. The Bertz CT molecular complexity index is 868. The van der Waals surface area contributed by atoms with E-state index in [1.54, 1.807) is 6.07 Å². The minimum atomic E-state index is -0.392. The maximum atomic E-state index is 12.0. The molecule has 0 aliphatic heterocycles. The van der Waals surface area contributed by atoms with Crippen molar-refractivity contribution in [1.29, 1.82) is 0 Å². The molecule has 1 atom stereocenters. The van der Waals surface area contributed by atoms with Crippen LogP contribution < -0.4 is 5.73 Å². The van der Waals surface area contributed by atoms with E-state index < -0.39 is 5.91 Å². The highest BCUT2D eigenvalue weighted by molar-refractivity contribution is 5.94. The van der Waals surface area contributed by atoms with Gasteiger partial charge in [-0.1, -0.05) is 72.3 Å². The molecule has 0 saturated carbocycles. The lowest BCUT2D eigenvalue weighted by Gasteiger charge is -2.23. The zero-order valence-electron chi connectivity index (χ0n) is 14.0. The highest BCUT2D eigenvalue weighted by Gasteiger charge is 2.22. The molecule has 0 spiro atoms. The summed E-state index contributed by atoms with van der Waals surface area (Å²) in [5, 5.41) is 0. The van der Waals surface area contributed by atoms with E-state index in [4.69, 9.17) is 5.73 Å². The van der Waals surface area contributed by atoms with Crippen LogP contribution >= 0.6 is 0 Å². The SMILES string of the molecule is Cc1ccc(C(c2ccccc2)c2ccccc2C(N)=O)c(C)c1. The minimum Gasteiger partial charge on any atom is -0.366 e. The van der Waals surface area contributed by atoms with Crippen LogP contribution in [0.15, 0.2) is 72.8 Å². The van der Waals surface area contributed by atoms with Crippen molar-refractivity contribution in [3.8, 4) is 0 Å². The maximum Gasteiger partial charge on any atom is 0.249 e. The van der Waals surface area contributed by atoms with Crippen LogP contribution in [0, 0.1) is 13.8 Å². The fraction of sp³-hybridized carbons (Fsp3) is 0.136. The number of amides is 1. The molecule has 3 rings (SSSR count). The van der Waals surface area contributed by atoms with E-state index in [0.717, 1.165) is 11.1 Å². The smallest absolute Gasteiger partial charge is 0.249 e. The highest BCUT2D eigenvalue weighted by Crippen LogP contribution is 2.35. The van der Waals surface area contributed by atoms with Gasteiger partial charge in [-0.25, -0.2) is 0 Å². The molecule has 0 aliphatic carbocycles. The van der Waals surface area contributed by atoms with Crippen molar-refractivity contribution in [2.24, 2.45) is 5.73 Å². The molecule has 120 valence electrons. The summed E-state index contributed by atoms with van der Waals surface area (Å²) in [6, 6.07) is 24.3. The third kappa shape index (κ3) is 3.09. The lowest BCUT2D eigenvalue weighted by atomic mass is 9.80. The van der Waals surface area contributed by atoms with Gasteiger partial charge in [-0.05, 0) is 42.2 Å². The van der Waals surface area contributed by atoms with E-state index in [2.05, 4.69) is 44.2 Å². The van der Waals surface area contributed by atoms with Crippen molar-refractivity contribution in [2.45, 2.75) is 19.8 Å². The first-order chi connectivity index (χ1) is 11.6. The van der Waals surface area contributed by atoms with E-state index >= 15 is 0 Å². The normalized spacial score (nSPS) is 11.9. The van der Waals surface area contributed by atoms with Crippen molar-refractivity contribution in [2.75, 3.05) is 0 Å². The zero-order valence-corrected chi connectivity index (χ0v) is 14.0. The van der Waals surface area contributed by atoms with Gasteiger partial charge in [0.05, 0.1) is 0 Å². The Balaban J connectivity index is 2.26. The molecule has 0 bridgehead atoms. The van der Waals surface area contributed by atoms with Crippen molar-refractivity contribution in [1.82, 2.24) is 0 Å². The molecule has 0 aromatic heterocycles.